The Labute approximate surface area is 151 Å². The molecule has 128 valence electrons. The van der Waals surface area contributed by atoms with E-state index in [0.29, 0.717) is 11.8 Å². The summed E-state index contributed by atoms with van der Waals surface area (Å²) < 4.78 is 0. The predicted octanol–water partition coefficient (Wildman–Crippen LogP) is 4.29. The van der Waals surface area contributed by atoms with Crippen LogP contribution in [0, 0.1) is 13.8 Å². The monoisotopic (exact) mass is 342 g/mol. The number of nitrogens with one attached hydrogen (secondary N) is 2. The van der Waals surface area contributed by atoms with Crippen LogP contribution in [-0.4, -0.2) is 25.1 Å². The topological polar surface area (TPSA) is 79.4 Å². The molecule has 0 spiro atoms. The van der Waals surface area contributed by atoms with Crippen LogP contribution in [0.1, 0.15) is 11.3 Å². The highest BCUT2D eigenvalue weighted by Gasteiger charge is 2.11. The van der Waals surface area contributed by atoms with Gasteiger partial charge in [0.05, 0.1) is 11.4 Å². The average molecular weight is 342 g/mol. The second-order valence-corrected chi connectivity index (χ2v) is 6.07. The Kier molecular flexibility index (Phi) is 4.15. The number of hydrogen-bond donors (Lipinski definition) is 2. The van der Waals surface area contributed by atoms with Crippen LogP contribution in [0.2, 0.25) is 0 Å². The molecule has 26 heavy (non-hydrogen) atoms. The van der Waals surface area contributed by atoms with Crippen molar-refractivity contribution in [3.63, 3.8) is 0 Å². The standard InChI is InChI=1S/C20H18N6/c1-13-5-3-4-6-16(13)18-12-17(15-7-9-21-10-8-15)22-20(23-18)24-19-11-14(2)25-26-19/h3-12H,1-2H3,(H2,22,23,24,25,26). The van der Waals surface area contributed by atoms with Crippen LogP contribution in [0.4, 0.5) is 11.8 Å². The van der Waals surface area contributed by atoms with Gasteiger partial charge in [-0.2, -0.15) is 5.10 Å². The summed E-state index contributed by atoms with van der Waals surface area (Å²) >= 11 is 0. The summed E-state index contributed by atoms with van der Waals surface area (Å²) in [6, 6.07) is 16.0. The Balaban J connectivity index is 1.83. The van der Waals surface area contributed by atoms with Gasteiger partial charge in [0.2, 0.25) is 5.95 Å². The van der Waals surface area contributed by atoms with E-state index in [1.165, 1.54) is 0 Å². The summed E-state index contributed by atoms with van der Waals surface area (Å²) in [4.78, 5) is 13.4. The molecule has 0 aliphatic heterocycles. The molecule has 3 heterocycles. The van der Waals surface area contributed by atoms with E-state index in [0.717, 1.165) is 33.8 Å². The zero-order chi connectivity index (χ0) is 17.9. The molecule has 4 aromatic rings. The highest BCUT2D eigenvalue weighted by atomic mass is 15.2. The van der Waals surface area contributed by atoms with Gasteiger partial charge in [0.15, 0.2) is 5.82 Å². The van der Waals surface area contributed by atoms with E-state index in [-0.39, 0.29) is 0 Å². The average Bonchev–Trinajstić information content (AvgIpc) is 3.07. The van der Waals surface area contributed by atoms with Crippen molar-refractivity contribution in [1.82, 2.24) is 25.1 Å². The van der Waals surface area contributed by atoms with Crippen molar-refractivity contribution >= 4 is 11.8 Å². The van der Waals surface area contributed by atoms with Gasteiger partial charge in [0.25, 0.3) is 0 Å². The lowest BCUT2D eigenvalue weighted by molar-refractivity contribution is 1.04. The number of nitrogens with zero attached hydrogens (tertiary/aromatic N) is 4. The molecule has 0 fully saturated rings. The number of aryl methyl sites for hydroxylation is 2. The van der Waals surface area contributed by atoms with E-state index < -0.39 is 0 Å². The number of rotatable bonds is 4. The minimum absolute atomic E-state index is 0.504. The molecular formula is C20H18N6. The van der Waals surface area contributed by atoms with Gasteiger partial charge in [-0.25, -0.2) is 9.97 Å². The highest BCUT2D eigenvalue weighted by Crippen LogP contribution is 2.27. The summed E-state index contributed by atoms with van der Waals surface area (Å²) in [5, 5.41) is 10.3. The van der Waals surface area contributed by atoms with Gasteiger partial charge in [-0.3, -0.25) is 10.1 Å². The number of aromatic nitrogens is 5. The molecule has 0 aliphatic rings. The summed E-state index contributed by atoms with van der Waals surface area (Å²) in [6.07, 6.45) is 3.52. The van der Waals surface area contributed by atoms with Gasteiger partial charge in [-0.15, -0.1) is 0 Å². The second kappa shape index (κ2) is 6.76. The number of pyridine rings is 1. The molecule has 1 aromatic carbocycles. The Hall–Kier alpha value is -3.54. The first kappa shape index (κ1) is 16.0. The van der Waals surface area contributed by atoms with Crippen LogP contribution in [0.15, 0.2) is 60.9 Å². The van der Waals surface area contributed by atoms with Crippen molar-refractivity contribution in [3.8, 4) is 22.5 Å². The van der Waals surface area contributed by atoms with Crippen molar-refractivity contribution in [3.05, 3.63) is 72.2 Å². The molecule has 2 N–H and O–H groups in total. The van der Waals surface area contributed by atoms with E-state index in [1.807, 2.05) is 43.3 Å². The number of aromatic amines is 1. The Morgan fingerprint density at radius 3 is 2.38 bits per heavy atom. The quantitative estimate of drug-likeness (QED) is 0.578. The first-order valence-electron chi connectivity index (χ1n) is 8.33. The fourth-order valence-corrected chi connectivity index (χ4v) is 2.77. The molecule has 3 aromatic heterocycles. The molecule has 0 saturated heterocycles. The zero-order valence-corrected chi connectivity index (χ0v) is 14.6. The van der Waals surface area contributed by atoms with Crippen LogP contribution >= 0.6 is 0 Å². The van der Waals surface area contributed by atoms with E-state index in [2.05, 4.69) is 44.5 Å². The molecule has 0 amide bonds. The fourth-order valence-electron chi connectivity index (χ4n) is 2.77. The van der Waals surface area contributed by atoms with E-state index in [1.54, 1.807) is 12.4 Å². The third-order valence-electron chi connectivity index (χ3n) is 4.07. The van der Waals surface area contributed by atoms with E-state index in [4.69, 9.17) is 4.98 Å². The maximum absolute atomic E-state index is 4.70. The zero-order valence-electron chi connectivity index (χ0n) is 14.6. The van der Waals surface area contributed by atoms with Crippen LogP contribution in [0.5, 0.6) is 0 Å². The summed E-state index contributed by atoms with van der Waals surface area (Å²) in [5.41, 5.74) is 5.88. The summed E-state index contributed by atoms with van der Waals surface area (Å²) in [6.45, 7) is 4.03. The molecule has 0 bridgehead atoms. The summed E-state index contributed by atoms with van der Waals surface area (Å²) in [5.74, 6) is 1.19. The van der Waals surface area contributed by atoms with Crippen molar-refractivity contribution in [2.24, 2.45) is 0 Å². The lowest BCUT2D eigenvalue weighted by Gasteiger charge is -2.10. The van der Waals surface area contributed by atoms with Gasteiger partial charge in [-0.1, -0.05) is 24.3 Å². The van der Waals surface area contributed by atoms with Crippen molar-refractivity contribution < 1.29 is 0 Å². The third-order valence-corrected chi connectivity index (χ3v) is 4.07. The Morgan fingerprint density at radius 1 is 0.885 bits per heavy atom. The van der Waals surface area contributed by atoms with Gasteiger partial charge < -0.3 is 5.32 Å². The van der Waals surface area contributed by atoms with Crippen molar-refractivity contribution in [2.45, 2.75) is 13.8 Å². The normalized spacial score (nSPS) is 10.7. The number of benzene rings is 1. The van der Waals surface area contributed by atoms with Crippen molar-refractivity contribution in [1.29, 1.82) is 0 Å². The number of hydrogen-bond acceptors (Lipinski definition) is 5. The number of anilines is 2. The largest absolute Gasteiger partial charge is 0.307 e. The first-order chi connectivity index (χ1) is 12.7. The van der Waals surface area contributed by atoms with Crippen LogP contribution in [-0.2, 0) is 0 Å². The molecule has 6 heteroatoms. The molecule has 4 rings (SSSR count). The molecule has 0 radical (unpaired) electrons. The van der Waals surface area contributed by atoms with Gasteiger partial charge in [0.1, 0.15) is 0 Å². The maximum Gasteiger partial charge on any atom is 0.229 e. The third kappa shape index (κ3) is 3.30. The van der Waals surface area contributed by atoms with E-state index >= 15 is 0 Å². The van der Waals surface area contributed by atoms with Crippen LogP contribution < -0.4 is 5.32 Å². The molecular weight excluding hydrogens is 324 g/mol. The van der Waals surface area contributed by atoms with Gasteiger partial charge in [0, 0.05) is 35.3 Å². The maximum atomic E-state index is 4.70. The Bertz CT molecular complexity index is 1040. The molecule has 6 nitrogen and oxygen atoms in total. The molecule has 0 saturated carbocycles. The molecule has 0 aliphatic carbocycles. The predicted molar refractivity (Wildman–Crippen MR) is 102 cm³/mol. The second-order valence-electron chi connectivity index (χ2n) is 6.07. The van der Waals surface area contributed by atoms with Crippen LogP contribution in [0.25, 0.3) is 22.5 Å². The Morgan fingerprint density at radius 2 is 1.65 bits per heavy atom. The van der Waals surface area contributed by atoms with Crippen LogP contribution in [0.3, 0.4) is 0 Å². The van der Waals surface area contributed by atoms with Crippen molar-refractivity contribution in [2.75, 3.05) is 5.32 Å². The SMILES string of the molecule is Cc1cc(Nc2nc(-c3ccncc3)cc(-c3ccccc3C)n2)n[nH]1. The lowest BCUT2D eigenvalue weighted by Crippen LogP contribution is -2.01. The van der Waals surface area contributed by atoms with Gasteiger partial charge in [-0.05, 0) is 37.6 Å². The first-order valence-corrected chi connectivity index (χ1v) is 8.33. The summed E-state index contributed by atoms with van der Waals surface area (Å²) in [7, 11) is 0. The van der Waals surface area contributed by atoms with Gasteiger partial charge >= 0.3 is 0 Å². The van der Waals surface area contributed by atoms with E-state index in [9.17, 15) is 0 Å². The number of H-pyrrole nitrogens is 1. The highest BCUT2D eigenvalue weighted by molar-refractivity contribution is 5.71. The smallest absolute Gasteiger partial charge is 0.229 e. The minimum Gasteiger partial charge on any atom is -0.307 e. The fraction of sp³-hybridized carbons (Fsp3) is 0.100. The minimum atomic E-state index is 0.504. The molecule has 0 atom stereocenters. The molecule has 0 unspecified atom stereocenters. The lowest BCUT2D eigenvalue weighted by atomic mass is 10.0.